The van der Waals surface area contributed by atoms with Crippen molar-refractivity contribution in [1.82, 2.24) is 15.2 Å². The molecule has 0 bridgehead atoms. The van der Waals surface area contributed by atoms with Crippen molar-refractivity contribution in [2.24, 2.45) is 5.92 Å². The van der Waals surface area contributed by atoms with Gasteiger partial charge in [0.25, 0.3) is 0 Å². The van der Waals surface area contributed by atoms with Gasteiger partial charge in [0.05, 0.1) is 5.92 Å². The first kappa shape index (κ1) is 16.9. The molecule has 2 amide bonds. The highest BCUT2D eigenvalue weighted by Gasteiger charge is 2.17. The van der Waals surface area contributed by atoms with Crippen LogP contribution in [0.4, 0.5) is 4.79 Å². The molecule has 2 rings (SSSR count). The van der Waals surface area contributed by atoms with Gasteiger partial charge in [-0.2, -0.15) is 0 Å². The molecule has 6 heteroatoms. The van der Waals surface area contributed by atoms with Crippen molar-refractivity contribution in [2.45, 2.75) is 20.3 Å². The highest BCUT2D eigenvalue weighted by atomic mass is 16.4. The van der Waals surface area contributed by atoms with E-state index in [1.165, 1.54) is 10.5 Å². The largest absolute Gasteiger partial charge is 0.481 e. The molecule has 0 saturated carbocycles. The van der Waals surface area contributed by atoms with Gasteiger partial charge in [0.2, 0.25) is 0 Å². The molecular weight excluding hydrogens is 294 g/mol. The highest BCUT2D eigenvalue weighted by molar-refractivity contribution is 5.84. The van der Waals surface area contributed by atoms with Crippen LogP contribution in [0.3, 0.4) is 0 Å². The first-order chi connectivity index (χ1) is 10.9. The number of aliphatic carboxylic acids is 1. The van der Waals surface area contributed by atoms with Crippen LogP contribution in [0.15, 0.2) is 24.4 Å². The molecule has 1 aromatic carbocycles. The summed E-state index contributed by atoms with van der Waals surface area (Å²) >= 11 is 0. The van der Waals surface area contributed by atoms with Crippen molar-refractivity contribution in [3.63, 3.8) is 0 Å². The number of rotatable bonds is 6. The van der Waals surface area contributed by atoms with E-state index >= 15 is 0 Å². The summed E-state index contributed by atoms with van der Waals surface area (Å²) in [7, 11) is 1.60. The second kappa shape index (κ2) is 7.17. The van der Waals surface area contributed by atoms with E-state index in [1.54, 1.807) is 14.0 Å². The van der Waals surface area contributed by atoms with E-state index < -0.39 is 11.9 Å². The maximum atomic E-state index is 12.0. The van der Waals surface area contributed by atoms with Gasteiger partial charge in [-0.3, -0.25) is 4.79 Å². The Bertz CT molecular complexity index is 708. The standard InChI is InChI=1S/C17H23N3O3/c1-11-4-5-14-13(9-19-15(14)8-11)6-7-18-17(23)20(3)10-12(2)16(21)22/h4-5,8-9,12,19H,6-7,10H2,1-3H3,(H,18,23)(H,21,22). The van der Waals surface area contributed by atoms with E-state index in [-0.39, 0.29) is 12.6 Å². The molecule has 124 valence electrons. The molecule has 1 unspecified atom stereocenters. The lowest BCUT2D eigenvalue weighted by atomic mass is 10.1. The molecule has 0 aliphatic rings. The lowest BCUT2D eigenvalue weighted by molar-refractivity contribution is -0.141. The number of aryl methyl sites for hydroxylation is 1. The maximum Gasteiger partial charge on any atom is 0.317 e. The van der Waals surface area contributed by atoms with Gasteiger partial charge in [-0.25, -0.2) is 4.79 Å². The Morgan fingerprint density at radius 1 is 1.39 bits per heavy atom. The van der Waals surface area contributed by atoms with Crippen molar-refractivity contribution >= 4 is 22.9 Å². The fourth-order valence-electron chi connectivity index (χ4n) is 2.52. The molecule has 0 radical (unpaired) electrons. The van der Waals surface area contributed by atoms with Crippen LogP contribution in [0.5, 0.6) is 0 Å². The summed E-state index contributed by atoms with van der Waals surface area (Å²) < 4.78 is 0. The number of carboxylic acid groups (broad SMARTS) is 1. The fourth-order valence-corrected chi connectivity index (χ4v) is 2.52. The molecule has 0 saturated heterocycles. The summed E-state index contributed by atoms with van der Waals surface area (Å²) in [5.74, 6) is -1.48. The maximum absolute atomic E-state index is 12.0. The van der Waals surface area contributed by atoms with Crippen molar-refractivity contribution in [3.8, 4) is 0 Å². The molecule has 6 nitrogen and oxygen atoms in total. The Labute approximate surface area is 135 Å². The number of aromatic nitrogens is 1. The number of hydrogen-bond donors (Lipinski definition) is 3. The van der Waals surface area contributed by atoms with Gasteiger partial charge in [0.1, 0.15) is 0 Å². The van der Waals surface area contributed by atoms with Gasteiger partial charge in [-0.15, -0.1) is 0 Å². The Balaban J connectivity index is 1.86. The molecule has 1 aromatic heterocycles. The lowest BCUT2D eigenvalue weighted by Gasteiger charge is -2.19. The van der Waals surface area contributed by atoms with Crippen LogP contribution >= 0.6 is 0 Å². The molecule has 1 heterocycles. The zero-order valence-electron chi connectivity index (χ0n) is 13.7. The Kier molecular flexibility index (Phi) is 5.26. The molecule has 1 atom stereocenters. The zero-order chi connectivity index (χ0) is 17.0. The third-order valence-corrected chi connectivity index (χ3v) is 3.91. The summed E-state index contributed by atoms with van der Waals surface area (Å²) in [6, 6.07) is 5.99. The van der Waals surface area contributed by atoms with Crippen LogP contribution in [0.1, 0.15) is 18.1 Å². The quantitative estimate of drug-likeness (QED) is 0.764. The topological polar surface area (TPSA) is 85.4 Å². The number of carbonyl (C=O) groups is 2. The SMILES string of the molecule is Cc1ccc2c(CCNC(=O)N(C)CC(C)C(=O)O)c[nH]c2c1. The summed E-state index contributed by atoms with van der Waals surface area (Å²) in [5, 5.41) is 12.9. The monoisotopic (exact) mass is 317 g/mol. The first-order valence-corrected chi connectivity index (χ1v) is 7.67. The van der Waals surface area contributed by atoms with Crippen LogP contribution in [0.2, 0.25) is 0 Å². The van der Waals surface area contributed by atoms with E-state index in [1.807, 2.05) is 13.1 Å². The zero-order valence-corrected chi connectivity index (χ0v) is 13.7. The van der Waals surface area contributed by atoms with Gasteiger partial charge >= 0.3 is 12.0 Å². The summed E-state index contributed by atoms with van der Waals surface area (Å²) in [6.45, 7) is 4.33. The molecule has 0 aliphatic carbocycles. The number of urea groups is 1. The molecule has 0 spiro atoms. The lowest BCUT2D eigenvalue weighted by Crippen LogP contribution is -2.41. The van der Waals surface area contributed by atoms with Crippen LogP contribution < -0.4 is 5.32 Å². The first-order valence-electron chi connectivity index (χ1n) is 7.67. The number of carboxylic acids is 1. The van der Waals surface area contributed by atoms with Crippen LogP contribution in [0.25, 0.3) is 10.9 Å². The third kappa shape index (κ3) is 4.25. The number of aromatic amines is 1. The molecule has 2 aromatic rings. The summed E-state index contributed by atoms with van der Waals surface area (Å²) in [5.41, 5.74) is 3.45. The number of carbonyl (C=O) groups excluding carboxylic acids is 1. The highest BCUT2D eigenvalue weighted by Crippen LogP contribution is 2.19. The Morgan fingerprint density at radius 2 is 2.13 bits per heavy atom. The fraction of sp³-hybridized carbons (Fsp3) is 0.412. The van der Waals surface area contributed by atoms with E-state index in [9.17, 15) is 9.59 Å². The Hall–Kier alpha value is -2.50. The minimum Gasteiger partial charge on any atom is -0.481 e. The van der Waals surface area contributed by atoms with E-state index in [2.05, 4.69) is 28.5 Å². The molecular formula is C17H23N3O3. The molecule has 3 N–H and O–H groups in total. The van der Waals surface area contributed by atoms with Gasteiger partial charge in [0.15, 0.2) is 0 Å². The third-order valence-electron chi connectivity index (χ3n) is 3.91. The second-order valence-corrected chi connectivity index (χ2v) is 5.96. The molecule has 0 aliphatic heterocycles. The van der Waals surface area contributed by atoms with Gasteiger partial charge in [-0.1, -0.05) is 19.1 Å². The average molecular weight is 317 g/mol. The van der Waals surface area contributed by atoms with E-state index in [4.69, 9.17) is 5.11 Å². The summed E-state index contributed by atoms with van der Waals surface area (Å²) in [4.78, 5) is 27.4. The van der Waals surface area contributed by atoms with Crippen molar-refractivity contribution < 1.29 is 14.7 Å². The molecule has 23 heavy (non-hydrogen) atoms. The van der Waals surface area contributed by atoms with Crippen molar-refractivity contribution in [2.75, 3.05) is 20.1 Å². The van der Waals surface area contributed by atoms with E-state index in [0.29, 0.717) is 6.54 Å². The predicted octanol–water partition coefficient (Wildman–Crippen LogP) is 2.38. The van der Waals surface area contributed by atoms with Gasteiger partial charge < -0.3 is 20.3 Å². The van der Waals surface area contributed by atoms with Crippen LogP contribution in [-0.4, -0.2) is 47.1 Å². The van der Waals surface area contributed by atoms with Gasteiger partial charge in [-0.05, 0) is 30.5 Å². The number of hydrogen-bond acceptors (Lipinski definition) is 2. The van der Waals surface area contributed by atoms with Gasteiger partial charge in [0, 0.05) is 37.2 Å². The number of fused-ring (bicyclic) bond motifs is 1. The number of nitrogens with zero attached hydrogens (tertiary/aromatic N) is 1. The van der Waals surface area contributed by atoms with E-state index in [0.717, 1.165) is 22.9 Å². The van der Waals surface area contributed by atoms with Crippen LogP contribution in [0, 0.1) is 12.8 Å². The van der Waals surface area contributed by atoms with Crippen LogP contribution in [-0.2, 0) is 11.2 Å². The Morgan fingerprint density at radius 3 is 2.83 bits per heavy atom. The average Bonchev–Trinajstić information content (AvgIpc) is 2.89. The number of nitrogens with one attached hydrogen (secondary N) is 2. The number of benzene rings is 1. The predicted molar refractivity (Wildman–Crippen MR) is 89.6 cm³/mol. The van der Waals surface area contributed by atoms with Crippen molar-refractivity contribution in [1.29, 1.82) is 0 Å². The molecule has 0 fully saturated rings. The number of amides is 2. The number of H-pyrrole nitrogens is 1. The minimum absolute atomic E-state index is 0.188. The van der Waals surface area contributed by atoms with Crippen molar-refractivity contribution in [3.05, 3.63) is 35.5 Å². The summed E-state index contributed by atoms with van der Waals surface area (Å²) in [6.07, 6.45) is 2.68. The second-order valence-electron chi connectivity index (χ2n) is 5.96. The smallest absolute Gasteiger partial charge is 0.317 e. The normalized spacial score (nSPS) is 12.1. The minimum atomic E-state index is -0.904.